The molecule has 0 N–H and O–H groups in total. The van der Waals surface area contributed by atoms with Crippen LogP contribution in [0, 0.1) is 17.5 Å². The van der Waals surface area contributed by atoms with E-state index in [0.717, 1.165) is 24.3 Å². The maximum Gasteiger partial charge on any atom is 0.165 e. The van der Waals surface area contributed by atoms with E-state index in [1.165, 1.54) is 12.1 Å². The van der Waals surface area contributed by atoms with Crippen LogP contribution in [-0.2, 0) is 5.88 Å². The molecule has 0 aliphatic heterocycles. The molecule has 0 amide bonds. The van der Waals surface area contributed by atoms with Gasteiger partial charge in [-0.3, -0.25) is 0 Å². The van der Waals surface area contributed by atoms with Gasteiger partial charge in [-0.2, -0.15) is 0 Å². The van der Waals surface area contributed by atoms with Crippen molar-refractivity contribution in [3.05, 3.63) is 59.4 Å². The van der Waals surface area contributed by atoms with Gasteiger partial charge >= 0.3 is 0 Å². The Morgan fingerprint density at radius 1 is 0.944 bits per heavy atom. The lowest BCUT2D eigenvalue weighted by Gasteiger charge is -2.08. The van der Waals surface area contributed by atoms with Crippen LogP contribution in [0.15, 0.2) is 36.4 Å². The molecule has 0 unspecified atom stereocenters. The third kappa shape index (κ3) is 2.96. The van der Waals surface area contributed by atoms with Gasteiger partial charge in [-0.25, -0.2) is 13.2 Å². The van der Waals surface area contributed by atoms with Crippen molar-refractivity contribution >= 4 is 11.6 Å². The largest absolute Gasteiger partial charge is 0.454 e. The van der Waals surface area contributed by atoms with Crippen LogP contribution >= 0.6 is 11.6 Å². The molecule has 2 aromatic carbocycles. The number of ether oxygens (including phenoxy) is 1. The van der Waals surface area contributed by atoms with Crippen LogP contribution in [0.1, 0.15) is 5.56 Å². The minimum absolute atomic E-state index is 0.0650. The van der Waals surface area contributed by atoms with Crippen molar-refractivity contribution in [1.82, 2.24) is 0 Å². The molecule has 1 nitrogen and oxygen atoms in total. The first-order valence-electron chi connectivity index (χ1n) is 5.07. The van der Waals surface area contributed by atoms with Gasteiger partial charge in [0.2, 0.25) is 0 Å². The highest BCUT2D eigenvalue weighted by Gasteiger charge is 2.08. The molecule has 0 spiro atoms. The molecule has 2 aromatic rings. The van der Waals surface area contributed by atoms with Gasteiger partial charge in [0.1, 0.15) is 17.4 Å². The number of benzene rings is 2. The predicted molar refractivity (Wildman–Crippen MR) is 62.4 cm³/mol. The Morgan fingerprint density at radius 2 is 1.72 bits per heavy atom. The molecular weight excluding hydrogens is 265 g/mol. The molecule has 5 heteroatoms. The van der Waals surface area contributed by atoms with Gasteiger partial charge in [0, 0.05) is 18.0 Å². The number of hydrogen-bond donors (Lipinski definition) is 0. The molecule has 0 aliphatic carbocycles. The van der Waals surface area contributed by atoms with E-state index in [0.29, 0.717) is 5.56 Å². The summed E-state index contributed by atoms with van der Waals surface area (Å²) in [5, 5.41) is 0. The molecule has 2 rings (SSSR count). The molecule has 0 saturated carbocycles. The van der Waals surface area contributed by atoms with Crippen molar-refractivity contribution in [1.29, 1.82) is 0 Å². The van der Waals surface area contributed by atoms with Crippen LogP contribution in [0.5, 0.6) is 11.5 Å². The Kier molecular flexibility index (Phi) is 3.77. The lowest BCUT2D eigenvalue weighted by atomic mass is 10.2. The molecule has 0 atom stereocenters. The average molecular weight is 273 g/mol. The lowest BCUT2D eigenvalue weighted by Crippen LogP contribution is -1.92. The highest BCUT2D eigenvalue weighted by molar-refractivity contribution is 6.17. The molecule has 0 fully saturated rings. The summed E-state index contributed by atoms with van der Waals surface area (Å²) in [4.78, 5) is 0. The van der Waals surface area contributed by atoms with Crippen LogP contribution < -0.4 is 4.74 Å². The monoisotopic (exact) mass is 272 g/mol. The van der Waals surface area contributed by atoms with Crippen LogP contribution in [0.25, 0.3) is 0 Å². The lowest BCUT2D eigenvalue weighted by molar-refractivity contribution is 0.433. The molecule has 0 radical (unpaired) electrons. The number of halogens is 4. The second-order valence-corrected chi connectivity index (χ2v) is 3.87. The Labute approximate surface area is 107 Å². The number of rotatable bonds is 3. The normalized spacial score (nSPS) is 10.4. The van der Waals surface area contributed by atoms with E-state index in [1.54, 1.807) is 0 Å². The summed E-state index contributed by atoms with van der Waals surface area (Å²) in [6, 6.07) is 6.56. The molecular formula is C13H8ClF3O. The van der Waals surface area contributed by atoms with E-state index in [9.17, 15) is 13.2 Å². The van der Waals surface area contributed by atoms with E-state index >= 15 is 0 Å². The first kappa shape index (κ1) is 12.8. The van der Waals surface area contributed by atoms with Gasteiger partial charge in [0.25, 0.3) is 0 Å². The molecule has 94 valence electrons. The predicted octanol–water partition coefficient (Wildman–Crippen LogP) is 4.64. The fraction of sp³-hybridized carbons (Fsp3) is 0.0769. The summed E-state index contributed by atoms with van der Waals surface area (Å²) in [5.41, 5.74) is 0.489. The summed E-state index contributed by atoms with van der Waals surface area (Å²) in [5.74, 6) is -2.07. The highest BCUT2D eigenvalue weighted by Crippen LogP contribution is 2.27. The molecule has 0 saturated heterocycles. The Morgan fingerprint density at radius 3 is 2.44 bits per heavy atom. The third-order valence-corrected chi connectivity index (χ3v) is 2.52. The highest BCUT2D eigenvalue weighted by atomic mass is 35.5. The summed E-state index contributed by atoms with van der Waals surface area (Å²) < 4.78 is 44.5. The maximum absolute atomic E-state index is 13.3. The zero-order valence-electron chi connectivity index (χ0n) is 9.09. The maximum atomic E-state index is 13.3. The Hall–Kier alpha value is -1.68. The average Bonchev–Trinajstić information content (AvgIpc) is 2.33. The van der Waals surface area contributed by atoms with Gasteiger partial charge in [-0.1, -0.05) is 0 Å². The van der Waals surface area contributed by atoms with Crippen LogP contribution in [0.3, 0.4) is 0 Å². The molecule has 18 heavy (non-hydrogen) atoms. The van der Waals surface area contributed by atoms with Crippen molar-refractivity contribution in [2.75, 3.05) is 0 Å². The SMILES string of the molecule is Fc1cc(CCl)cc(Oc2cc(F)ccc2F)c1. The van der Waals surface area contributed by atoms with Gasteiger partial charge in [-0.15, -0.1) is 11.6 Å². The molecule has 0 aliphatic rings. The van der Waals surface area contributed by atoms with Crippen LogP contribution in [0.2, 0.25) is 0 Å². The molecule has 0 aromatic heterocycles. The summed E-state index contributed by atoms with van der Waals surface area (Å²) in [6.45, 7) is 0. The number of hydrogen-bond acceptors (Lipinski definition) is 1. The van der Waals surface area contributed by atoms with Crippen molar-refractivity contribution < 1.29 is 17.9 Å². The fourth-order valence-electron chi connectivity index (χ4n) is 1.44. The van der Waals surface area contributed by atoms with Crippen molar-refractivity contribution in [3.8, 4) is 11.5 Å². The van der Waals surface area contributed by atoms with Crippen molar-refractivity contribution in [2.45, 2.75) is 5.88 Å². The minimum Gasteiger partial charge on any atom is -0.454 e. The minimum atomic E-state index is -0.729. The molecule has 0 bridgehead atoms. The Bertz CT molecular complexity index is 572. The second kappa shape index (κ2) is 5.31. The van der Waals surface area contributed by atoms with E-state index in [1.807, 2.05) is 0 Å². The van der Waals surface area contributed by atoms with E-state index in [-0.39, 0.29) is 17.4 Å². The Balaban J connectivity index is 2.33. The van der Waals surface area contributed by atoms with E-state index < -0.39 is 17.5 Å². The second-order valence-electron chi connectivity index (χ2n) is 3.61. The molecule has 0 heterocycles. The zero-order chi connectivity index (χ0) is 13.1. The summed E-state index contributed by atoms with van der Waals surface area (Å²) in [7, 11) is 0. The van der Waals surface area contributed by atoms with Crippen LogP contribution in [-0.4, -0.2) is 0 Å². The summed E-state index contributed by atoms with van der Waals surface area (Å²) >= 11 is 5.57. The first-order valence-corrected chi connectivity index (χ1v) is 5.60. The van der Waals surface area contributed by atoms with Gasteiger partial charge in [0.05, 0.1) is 0 Å². The summed E-state index contributed by atoms with van der Waals surface area (Å²) in [6.07, 6.45) is 0. The fourth-order valence-corrected chi connectivity index (χ4v) is 1.59. The van der Waals surface area contributed by atoms with Crippen molar-refractivity contribution in [2.24, 2.45) is 0 Å². The quantitative estimate of drug-likeness (QED) is 0.740. The zero-order valence-corrected chi connectivity index (χ0v) is 9.85. The van der Waals surface area contributed by atoms with Crippen molar-refractivity contribution in [3.63, 3.8) is 0 Å². The smallest absolute Gasteiger partial charge is 0.165 e. The standard InChI is InChI=1S/C13H8ClF3O/c14-7-8-3-10(16)5-11(4-8)18-13-6-9(15)1-2-12(13)17/h1-6H,7H2. The van der Waals surface area contributed by atoms with Gasteiger partial charge < -0.3 is 4.74 Å². The first-order chi connectivity index (χ1) is 8.58. The van der Waals surface area contributed by atoms with E-state index in [2.05, 4.69) is 0 Å². The topological polar surface area (TPSA) is 9.23 Å². The van der Waals surface area contributed by atoms with Crippen LogP contribution in [0.4, 0.5) is 13.2 Å². The third-order valence-electron chi connectivity index (χ3n) is 2.21. The van der Waals surface area contributed by atoms with Gasteiger partial charge in [-0.05, 0) is 29.8 Å². The number of alkyl halides is 1. The van der Waals surface area contributed by atoms with E-state index in [4.69, 9.17) is 16.3 Å². The van der Waals surface area contributed by atoms with Gasteiger partial charge in [0.15, 0.2) is 11.6 Å².